The van der Waals surface area contributed by atoms with E-state index in [0.717, 1.165) is 0 Å². The highest BCUT2D eigenvalue weighted by Crippen LogP contribution is 2.22. The molecule has 0 saturated heterocycles. The third-order valence-corrected chi connectivity index (χ3v) is 2.83. The van der Waals surface area contributed by atoms with E-state index in [4.69, 9.17) is 5.73 Å². The van der Waals surface area contributed by atoms with Gasteiger partial charge in [-0.1, -0.05) is 0 Å². The summed E-state index contributed by atoms with van der Waals surface area (Å²) in [6, 6.07) is 1.96. The third kappa shape index (κ3) is 2.11. The topological polar surface area (TPSA) is 107 Å². The van der Waals surface area contributed by atoms with E-state index in [1.165, 1.54) is 6.33 Å². The van der Waals surface area contributed by atoms with E-state index in [2.05, 4.69) is 44.1 Å². The second kappa shape index (κ2) is 4.72. The average Bonchev–Trinajstić information content (AvgIpc) is 2.84. The summed E-state index contributed by atoms with van der Waals surface area (Å²) in [5.74, 6) is 1.33. The van der Waals surface area contributed by atoms with Crippen LogP contribution in [0.1, 0.15) is 19.9 Å². The smallest absolute Gasteiger partial charge is 0.232 e. The maximum absolute atomic E-state index is 5.92. The third-order valence-electron chi connectivity index (χ3n) is 2.83. The van der Waals surface area contributed by atoms with Crippen LogP contribution in [0.4, 0.5) is 17.6 Å². The summed E-state index contributed by atoms with van der Waals surface area (Å²) in [6.07, 6.45) is 4.80. The number of hydrogen-bond acceptors (Lipinski definition) is 7. The second-order valence-corrected chi connectivity index (χ2v) is 4.57. The number of imidazole rings is 1. The maximum Gasteiger partial charge on any atom is 0.232 e. The van der Waals surface area contributed by atoms with E-state index in [1.807, 2.05) is 4.57 Å². The van der Waals surface area contributed by atoms with Crippen molar-refractivity contribution < 1.29 is 0 Å². The molecule has 20 heavy (non-hydrogen) atoms. The highest BCUT2D eigenvalue weighted by Gasteiger charge is 2.13. The van der Waals surface area contributed by atoms with Crippen molar-refractivity contribution >= 4 is 28.7 Å². The molecule has 102 valence electrons. The van der Waals surface area contributed by atoms with E-state index in [9.17, 15) is 0 Å². The van der Waals surface area contributed by atoms with Crippen LogP contribution in [0.25, 0.3) is 11.2 Å². The molecule has 0 aliphatic heterocycles. The lowest BCUT2D eigenvalue weighted by Crippen LogP contribution is -2.05. The molecule has 8 heteroatoms. The van der Waals surface area contributed by atoms with Gasteiger partial charge < -0.3 is 15.6 Å². The van der Waals surface area contributed by atoms with Crippen LogP contribution in [0.15, 0.2) is 24.9 Å². The summed E-state index contributed by atoms with van der Waals surface area (Å²) in [5, 5.41) is 3.00. The molecule has 0 aliphatic carbocycles. The van der Waals surface area contributed by atoms with Crippen LogP contribution in [-0.4, -0.2) is 29.5 Å². The molecule has 3 rings (SSSR count). The number of fused-ring (bicyclic) bond motifs is 1. The number of nitrogen functional groups attached to an aromatic ring is 1. The van der Waals surface area contributed by atoms with Gasteiger partial charge >= 0.3 is 0 Å². The Labute approximate surface area is 115 Å². The summed E-state index contributed by atoms with van der Waals surface area (Å²) in [7, 11) is 0. The molecule has 3 aromatic heterocycles. The summed E-state index contributed by atoms with van der Waals surface area (Å²) in [4.78, 5) is 20.8. The molecule has 0 bridgehead atoms. The molecule has 3 aromatic rings. The van der Waals surface area contributed by atoms with Gasteiger partial charge in [-0.3, -0.25) is 0 Å². The quantitative estimate of drug-likeness (QED) is 0.742. The van der Waals surface area contributed by atoms with Crippen LogP contribution in [0, 0.1) is 0 Å². The first-order valence-electron chi connectivity index (χ1n) is 6.18. The van der Waals surface area contributed by atoms with Crippen LogP contribution < -0.4 is 11.1 Å². The molecular formula is C12H14N8. The van der Waals surface area contributed by atoms with Crippen LogP contribution in [0.5, 0.6) is 0 Å². The molecule has 8 nitrogen and oxygen atoms in total. The molecule has 3 N–H and O–H groups in total. The zero-order valence-corrected chi connectivity index (χ0v) is 11.1. The van der Waals surface area contributed by atoms with E-state index in [0.29, 0.717) is 28.7 Å². The van der Waals surface area contributed by atoms with E-state index < -0.39 is 0 Å². The van der Waals surface area contributed by atoms with Crippen LogP contribution >= 0.6 is 0 Å². The number of hydrogen-bond donors (Lipinski definition) is 2. The molecule has 3 heterocycles. The predicted molar refractivity (Wildman–Crippen MR) is 75.4 cm³/mol. The van der Waals surface area contributed by atoms with Crippen LogP contribution in [0.3, 0.4) is 0 Å². The van der Waals surface area contributed by atoms with Gasteiger partial charge in [-0.15, -0.1) is 0 Å². The minimum Gasteiger partial charge on any atom is -0.382 e. The SMILES string of the molecule is CC(C)n1cnc2c(N)nc(Nc3ccncn3)nc21. The van der Waals surface area contributed by atoms with Crippen LogP contribution in [-0.2, 0) is 0 Å². The molecule has 0 saturated carbocycles. The maximum atomic E-state index is 5.92. The van der Waals surface area contributed by atoms with Crippen molar-refractivity contribution in [3.05, 3.63) is 24.9 Å². The molecule has 0 fully saturated rings. The Balaban J connectivity index is 2.06. The standard InChI is InChI=1S/C12H14N8/c1-7(2)20-6-16-9-10(13)18-12(19-11(9)20)17-8-3-4-14-5-15-8/h3-7H,1-2H3,(H3,13,14,15,17,18,19). The largest absolute Gasteiger partial charge is 0.382 e. The monoisotopic (exact) mass is 270 g/mol. The fraction of sp³-hybridized carbons (Fsp3) is 0.250. The Bertz CT molecular complexity index is 734. The highest BCUT2D eigenvalue weighted by molar-refractivity contribution is 5.83. The first kappa shape index (κ1) is 12.3. The molecular weight excluding hydrogens is 256 g/mol. The van der Waals surface area contributed by atoms with Gasteiger partial charge in [0, 0.05) is 12.2 Å². The zero-order valence-electron chi connectivity index (χ0n) is 11.1. The van der Waals surface area contributed by atoms with E-state index in [1.54, 1.807) is 18.6 Å². The molecule has 0 aromatic carbocycles. The van der Waals surface area contributed by atoms with Crippen molar-refractivity contribution in [1.29, 1.82) is 0 Å². The summed E-state index contributed by atoms with van der Waals surface area (Å²) >= 11 is 0. The zero-order chi connectivity index (χ0) is 14.1. The van der Waals surface area contributed by atoms with E-state index >= 15 is 0 Å². The van der Waals surface area contributed by atoms with Crippen molar-refractivity contribution in [2.24, 2.45) is 0 Å². The van der Waals surface area contributed by atoms with Gasteiger partial charge in [-0.2, -0.15) is 9.97 Å². The lowest BCUT2D eigenvalue weighted by atomic mass is 10.4. The Morgan fingerprint density at radius 1 is 1.25 bits per heavy atom. The summed E-state index contributed by atoms with van der Waals surface area (Å²) < 4.78 is 1.94. The van der Waals surface area contributed by atoms with Crippen molar-refractivity contribution in [3.63, 3.8) is 0 Å². The van der Waals surface area contributed by atoms with Gasteiger partial charge in [-0.05, 0) is 19.9 Å². The van der Waals surface area contributed by atoms with Gasteiger partial charge in [-0.25, -0.2) is 15.0 Å². The summed E-state index contributed by atoms with van der Waals surface area (Å²) in [6.45, 7) is 4.11. The first-order chi connectivity index (χ1) is 9.65. The van der Waals surface area contributed by atoms with Gasteiger partial charge in [0.15, 0.2) is 11.5 Å². The van der Waals surface area contributed by atoms with Crippen molar-refractivity contribution in [2.45, 2.75) is 19.9 Å². The number of nitrogens with one attached hydrogen (secondary N) is 1. The fourth-order valence-corrected chi connectivity index (χ4v) is 1.85. The van der Waals surface area contributed by atoms with Crippen molar-refractivity contribution in [2.75, 3.05) is 11.1 Å². The number of nitrogens with zero attached hydrogens (tertiary/aromatic N) is 6. The molecule has 0 spiro atoms. The van der Waals surface area contributed by atoms with Gasteiger partial charge in [0.25, 0.3) is 0 Å². The molecule has 0 aliphatic rings. The lowest BCUT2D eigenvalue weighted by molar-refractivity contribution is 0.613. The lowest BCUT2D eigenvalue weighted by Gasteiger charge is -2.09. The Kier molecular flexibility index (Phi) is 2.90. The van der Waals surface area contributed by atoms with Crippen LogP contribution in [0.2, 0.25) is 0 Å². The first-order valence-corrected chi connectivity index (χ1v) is 6.18. The molecule has 0 unspecified atom stereocenters. The summed E-state index contributed by atoms with van der Waals surface area (Å²) in [5.41, 5.74) is 7.23. The van der Waals surface area contributed by atoms with Gasteiger partial charge in [0.2, 0.25) is 5.95 Å². The number of nitrogens with two attached hydrogens (primary N) is 1. The minimum atomic E-state index is 0.237. The van der Waals surface area contributed by atoms with Crippen molar-refractivity contribution in [1.82, 2.24) is 29.5 Å². The van der Waals surface area contributed by atoms with E-state index in [-0.39, 0.29) is 6.04 Å². The average molecular weight is 270 g/mol. The molecule has 0 atom stereocenters. The molecule has 0 amide bonds. The van der Waals surface area contributed by atoms with Gasteiger partial charge in [0.05, 0.1) is 6.33 Å². The minimum absolute atomic E-state index is 0.237. The number of aromatic nitrogens is 6. The Morgan fingerprint density at radius 3 is 2.80 bits per heavy atom. The highest BCUT2D eigenvalue weighted by atomic mass is 15.2. The predicted octanol–water partition coefficient (Wildman–Crippen LogP) is 1.52. The number of anilines is 3. The number of rotatable bonds is 3. The Hall–Kier alpha value is -2.77. The molecule has 0 radical (unpaired) electrons. The Morgan fingerprint density at radius 2 is 2.10 bits per heavy atom. The second-order valence-electron chi connectivity index (χ2n) is 4.57. The van der Waals surface area contributed by atoms with Gasteiger partial charge in [0.1, 0.15) is 17.7 Å². The fourth-order valence-electron chi connectivity index (χ4n) is 1.85. The normalized spacial score (nSPS) is 11.2. The van der Waals surface area contributed by atoms with Crippen molar-refractivity contribution in [3.8, 4) is 0 Å².